The molecule has 0 saturated carbocycles. The van der Waals surface area contributed by atoms with Crippen molar-refractivity contribution in [1.29, 1.82) is 0 Å². The highest BCUT2D eigenvalue weighted by molar-refractivity contribution is 7.10. The summed E-state index contributed by atoms with van der Waals surface area (Å²) in [6.07, 6.45) is 6.01. The molecule has 2 unspecified atom stereocenters. The first-order valence-electron chi connectivity index (χ1n) is 7.45. The third-order valence-corrected chi connectivity index (χ3v) is 5.66. The number of aryl methyl sites for hydroxylation is 2. The second kappa shape index (κ2) is 4.90. The molecule has 20 heavy (non-hydrogen) atoms. The van der Waals surface area contributed by atoms with Gasteiger partial charge in [-0.25, -0.2) is 0 Å². The number of hydrogen-bond acceptors (Lipinski definition) is 3. The van der Waals surface area contributed by atoms with Crippen LogP contribution in [-0.2, 0) is 12.8 Å². The zero-order valence-electron chi connectivity index (χ0n) is 11.4. The Bertz CT molecular complexity index is 634. The lowest BCUT2D eigenvalue weighted by Gasteiger charge is -2.27. The molecule has 2 nitrogen and oxygen atoms in total. The third kappa shape index (κ3) is 2.05. The Hall–Kier alpha value is -1.32. The van der Waals surface area contributed by atoms with Crippen LogP contribution in [0.15, 0.2) is 29.6 Å². The molecule has 2 aliphatic rings. The Kier molecular flexibility index (Phi) is 3.04. The van der Waals surface area contributed by atoms with Gasteiger partial charge in [-0.3, -0.25) is 0 Å². The maximum Gasteiger partial charge on any atom is 0.115 e. The molecular weight excluding hydrogens is 266 g/mol. The molecule has 2 N–H and O–H groups in total. The second-order valence-electron chi connectivity index (χ2n) is 5.88. The second-order valence-corrected chi connectivity index (χ2v) is 6.89. The molecule has 0 spiro atoms. The average Bonchev–Trinajstić information content (AvgIpc) is 3.06. The van der Waals surface area contributed by atoms with Crippen LogP contribution in [0.3, 0.4) is 0 Å². The maximum atomic E-state index is 9.59. The van der Waals surface area contributed by atoms with Gasteiger partial charge in [0.2, 0.25) is 0 Å². The van der Waals surface area contributed by atoms with Crippen molar-refractivity contribution in [3.8, 4) is 5.75 Å². The number of phenolic OH excluding ortho intramolecular Hbond substituents is 1. The van der Waals surface area contributed by atoms with Crippen LogP contribution in [0, 0.1) is 0 Å². The molecular formula is C17H19NOS. The smallest absolute Gasteiger partial charge is 0.115 e. The highest BCUT2D eigenvalue weighted by Gasteiger charge is 2.28. The van der Waals surface area contributed by atoms with Crippen molar-refractivity contribution in [1.82, 2.24) is 5.32 Å². The van der Waals surface area contributed by atoms with Crippen LogP contribution in [-0.4, -0.2) is 5.11 Å². The molecule has 3 heteroatoms. The number of thiophene rings is 1. The predicted octanol–water partition coefficient (Wildman–Crippen LogP) is 4.11. The minimum Gasteiger partial charge on any atom is -0.508 e. The minimum atomic E-state index is 0.391. The van der Waals surface area contributed by atoms with Crippen molar-refractivity contribution in [3.63, 3.8) is 0 Å². The standard InChI is InChI=1S/C17H19NOS/c19-12-5-6-13-11(10-12)4-7-16(13)18-15-2-1-3-17-14(15)8-9-20-17/h5-6,8-10,15-16,18-19H,1-4,7H2. The Morgan fingerprint density at radius 3 is 2.90 bits per heavy atom. The van der Waals surface area contributed by atoms with Gasteiger partial charge in [-0.05, 0) is 72.4 Å². The van der Waals surface area contributed by atoms with Crippen molar-refractivity contribution in [3.05, 3.63) is 51.2 Å². The highest BCUT2D eigenvalue weighted by Crippen LogP contribution is 2.39. The van der Waals surface area contributed by atoms with Crippen molar-refractivity contribution < 1.29 is 5.11 Å². The van der Waals surface area contributed by atoms with Crippen LogP contribution in [0.25, 0.3) is 0 Å². The van der Waals surface area contributed by atoms with Crippen LogP contribution in [0.4, 0.5) is 0 Å². The monoisotopic (exact) mass is 285 g/mol. The molecule has 1 heterocycles. The number of benzene rings is 1. The lowest BCUT2D eigenvalue weighted by atomic mass is 9.93. The molecule has 0 bridgehead atoms. The van der Waals surface area contributed by atoms with E-state index in [4.69, 9.17) is 0 Å². The molecule has 0 aliphatic heterocycles. The van der Waals surface area contributed by atoms with Gasteiger partial charge >= 0.3 is 0 Å². The van der Waals surface area contributed by atoms with E-state index in [0.29, 0.717) is 17.8 Å². The zero-order chi connectivity index (χ0) is 13.5. The Morgan fingerprint density at radius 1 is 1.05 bits per heavy atom. The summed E-state index contributed by atoms with van der Waals surface area (Å²) in [6.45, 7) is 0. The molecule has 0 saturated heterocycles. The number of phenols is 1. The molecule has 2 aliphatic carbocycles. The van der Waals surface area contributed by atoms with E-state index in [9.17, 15) is 5.11 Å². The fourth-order valence-electron chi connectivity index (χ4n) is 3.68. The van der Waals surface area contributed by atoms with Crippen LogP contribution < -0.4 is 5.32 Å². The summed E-state index contributed by atoms with van der Waals surface area (Å²) in [7, 11) is 0. The fraction of sp³-hybridized carbons (Fsp3) is 0.412. The van der Waals surface area contributed by atoms with E-state index < -0.39 is 0 Å². The molecule has 104 valence electrons. The number of rotatable bonds is 2. The molecule has 0 radical (unpaired) electrons. The normalized spacial score (nSPS) is 24.4. The van der Waals surface area contributed by atoms with E-state index in [0.717, 1.165) is 12.8 Å². The molecule has 2 aromatic rings. The first kappa shape index (κ1) is 12.4. The lowest BCUT2D eigenvalue weighted by molar-refractivity contribution is 0.401. The van der Waals surface area contributed by atoms with Crippen LogP contribution >= 0.6 is 11.3 Å². The maximum absolute atomic E-state index is 9.59. The van der Waals surface area contributed by atoms with Gasteiger partial charge in [0, 0.05) is 17.0 Å². The number of fused-ring (bicyclic) bond motifs is 2. The van der Waals surface area contributed by atoms with E-state index >= 15 is 0 Å². The third-order valence-electron chi connectivity index (χ3n) is 4.66. The summed E-state index contributed by atoms with van der Waals surface area (Å²) in [5, 5.41) is 15.7. The Labute approximate surface area is 123 Å². The van der Waals surface area contributed by atoms with Crippen molar-refractivity contribution >= 4 is 11.3 Å². The van der Waals surface area contributed by atoms with Gasteiger partial charge in [-0.1, -0.05) is 6.07 Å². The SMILES string of the molecule is Oc1ccc2c(c1)CCC2NC1CCCc2sccc21. The van der Waals surface area contributed by atoms with E-state index in [1.807, 2.05) is 23.5 Å². The van der Waals surface area contributed by atoms with Gasteiger partial charge < -0.3 is 10.4 Å². The summed E-state index contributed by atoms with van der Waals surface area (Å²) in [6, 6.07) is 9.08. The van der Waals surface area contributed by atoms with Gasteiger partial charge in [0.25, 0.3) is 0 Å². The minimum absolute atomic E-state index is 0.391. The predicted molar refractivity (Wildman–Crippen MR) is 82.3 cm³/mol. The highest BCUT2D eigenvalue weighted by atomic mass is 32.1. The van der Waals surface area contributed by atoms with Crippen molar-refractivity contribution in [2.75, 3.05) is 0 Å². The van der Waals surface area contributed by atoms with Crippen molar-refractivity contribution in [2.24, 2.45) is 0 Å². The van der Waals surface area contributed by atoms with Crippen LogP contribution in [0.2, 0.25) is 0 Å². The largest absolute Gasteiger partial charge is 0.508 e. The molecule has 0 amide bonds. The molecule has 4 rings (SSSR count). The van der Waals surface area contributed by atoms with E-state index in [2.05, 4.69) is 22.8 Å². The fourth-order valence-corrected chi connectivity index (χ4v) is 4.67. The summed E-state index contributed by atoms with van der Waals surface area (Å²) < 4.78 is 0. The summed E-state index contributed by atoms with van der Waals surface area (Å²) in [5.74, 6) is 0.391. The van der Waals surface area contributed by atoms with Gasteiger partial charge in [0.1, 0.15) is 5.75 Å². The molecule has 1 aromatic carbocycles. The number of aromatic hydroxyl groups is 1. The topological polar surface area (TPSA) is 32.3 Å². The first-order valence-corrected chi connectivity index (χ1v) is 8.33. The van der Waals surface area contributed by atoms with Crippen LogP contribution in [0.1, 0.15) is 52.9 Å². The summed E-state index contributed by atoms with van der Waals surface area (Å²) in [5.41, 5.74) is 4.21. The van der Waals surface area contributed by atoms with Gasteiger partial charge in [-0.15, -0.1) is 11.3 Å². The molecule has 1 aromatic heterocycles. The number of nitrogens with one attached hydrogen (secondary N) is 1. The lowest BCUT2D eigenvalue weighted by Crippen LogP contribution is -2.27. The Balaban J connectivity index is 1.58. The molecule has 2 atom stereocenters. The Morgan fingerprint density at radius 2 is 1.95 bits per heavy atom. The summed E-state index contributed by atoms with van der Waals surface area (Å²) >= 11 is 1.90. The van der Waals surface area contributed by atoms with E-state index in [-0.39, 0.29) is 0 Å². The van der Waals surface area contributed by atoms with E-state index in [1.165, 1.54) is 36.0 Å². The number of hydrogen-bond donors (Lipinski definition) is 2. The quantitative estimate of drug-likeness (QED) is 0.870. The van der Waals surface area contributed by atoms with Gasteiger partial charge in [0.05, 0.1) is 0 Å². The van der Waals surface area contributed by atoms with Crippen molar-refractivity contribution in [2.45, 2.75) is 44.2 Å². The van der Waals surface area contributed by atoms with Crippen LogP contribution in [0.5, 0.6) is 5.75 Å². The van der Waals surface area contributed by atoms with Gasteiger partial charge in [0.15, 0.2) is 0 Å². The zero-order valence-corrected chi connectivity index (χ0v) is 12.2. The average molecular weight is 285 g/mol. The summed E-state index contributed by atoms with van der Waals surface area (Å²) in [4.78, 5) is 1.57. The first-order chi connectivity index (χ1) is 9.81. The van der Waals surface area contributed by atoms with E-state index in [1.54, 1.807) is 4.88 Å². The molecule has 0 fully saturated rings. The van der Waals surface area contributed by atoms with Gasteiger partial charge in [-0.2, -0.15) is 0 Å².